The van der Waals surface area contributed by atoms with Gasteiger partial charge in [0.25, 0.3) is 11.8 Å². The highest BCUT2D eigenvalue weighted by atomic mass is 16.5. The maximum absolute atomic E-state index is 12.8. The quantitative estimate of drug-likeness (QED) is 0.850. The molecule has 4 bridgehead atoms. The van der Waals surface area contributed by atoms with Gasteiger partial charge in [-0.1, -0.05) is 11.2 Å². The Hall–Kier alpha value is -2.70. The number of aromatic nitrogens is 2. The highest BCUT2D eigenvalue weighted by molar-refractivity contribution is 5.93. The van der Waals surface area contributed by atoms with Gasteiger partial charge >= 0.3 is 0 Å². The summed E-state index contributed by atoms with van der Waals surface area (Å²) in [5.74, 6) is 0.938. The molecule has 0 spiro atoms. The molecule has 28 heavy (non-hydrogen) atoms. The molecule has 0 aromatic carbocycles. The fourth-order valence-electron chi connectivity index (χ4n) is 6.13. The van der Waals surface area contributed by atoms with E-state index in [0.29, 0.717) is 23.2 Å². The van der Waals surface area contributed by atoms with Gasteiger partial charge in [-0.05, 0) is 69.4 Å². The molecule has 7 heteroatoms. The number of carbonyl (C=O) groups is 2. The van der Waals surface area contributed by atoms with Crippen LogP contribution in [0.5, 0.6) is 0 Å². The van der Waals surface area contributed by atoms with Crippen LogP contribution in [0.4, 0.5) is 0 Å². The number of nitrogens with zero attached hydrogens (tertiary/aromatic N) is 2. The molecule has 0 radical (unpaired) electrons. The van der Waals surface area contributed by atoms with E-state index >= 15 is 0 Å². The van der Waals surface area contributed by atoms with Crippen molar-refractivity contribution in [2.45, 2.75) is 56.5 Å². The van der Waals surface area contributed by atoms with Crippen molar-refractivity contribution < 1.29 is 14.1 Å². The van der Waals surface area contributed by atoms with Crippen LogP contribution in [0.25, 0.3) is 0 Å². The second-order valence-corrected chi connectivity index (χ2v) is 8.98. The van der Waals surface area contributed by atoms with Crippen molar-refractivity contribution in [2.75, 3.05) is 0 Å². The molecule has 0 aliphatic heterocycles. The van der Waals surface area contributed by atoms with E-state index in [0.717, 1.165) is 32.1 Å². The summed E-state index contributed by atoms with van der Waals surface area (Å²) in [6.45, 7) is 1.80. The third-order valence-electron chi connectivity index (χ3n) is 6.57. The van der Waals surface area contributed by atoms with Crippen molar-refractivity contribution in [3.8, 4) is 0 Å². The van der Waals surface area contributed by atoms with E-state index in [1.54, 1.807) is 31.3 Å². The van der Waals surface area contributed by atoms with Crippen LogP contribution in [0, 0.1) is 18.8 Å². The van der Waals surface area contributed by atoms with E-state index in [1.165, 1.54) is 6.42 Å². The maximum atomic E-state index is 12.8. The monoisotopic (exact) mass is 380 g/mol. The number of pyridine rings is 1. The summed E-state index contributed by atoms with van der Waals surface area (Å²) in [6, 6.07) is 7.02. The van der Waals surface area contributed by atoms with Crippen LogP contribution >= 0.6 is 0 Å². The fraction of sp³-hybridized carbons (Fsp3) is 0.524. The molecule has 2 heterocycles. The molecule has 4 aliphatic rings. The molecule has 146 valence electrons. The number of rotatable bonds is 4. The molecule has 0 saturated heterocycles. The summed E-state index contributed by atoms with van der Waals surface area (Å²) in [6.07, 6.45) is 7.44. The average molecular weight is 380 g/mol. The van der Waals surface area contributed by atoms with E-state index < -0.39 is 0 Å². The first-order chi connectivity index (χ1) is 13.4. The highest BCUT2D eigenvalue weighted by Crippen LogP contribution is 2.57. The van der Waals surface area contributed by atoms with Gasteiger partial charge in [-0.2, -0.15) is 0 Å². The molecular formula is C21H24N4O3. The molecule has 2 amide bonds. The van der Waals surface area contributed by atoms with Crippen molar-refractivity contribution in [1.29, 1.82) is 0 Å². The number of amides is 2. The molecule has 6 rings (SSSR count). The van der Waals surface area contributed by atoms with E-state index in [4.69, 9.17) is 4.52 Å². The van der Waals surface area contributed by atoms with Crippen LogP contribution in [-0.2, 0) is 0 Å². The predicted molar refractivity (Wildman–Crippen MR) is 101 cm³/mol. The summed E-state index contributed by atoms with van der Waals surface area (Å²) in [5, 5.41) is 10.4. The molecule has 2 aromatic heterocycles. The van der Waals surface area contributed by atoms with Gasteiger partial charge in [0.2, 0.25) is 5.76 Å². The van der Waals surface area contributed by atoms with Crippen molar-refractivity contribution >= 4 is 11.8 Å². The SMILES string of the molecule is Cc1cc(C(=O)NC23CC4CC(CC(NC(=O)c5ccccn5)(C4)C2)C3)on1. The smallest absolute Gasteiger partial charge is 0.290 e. The molecule has 2 unspecified atom stereocenters. The molecular weight excluding hydrogens is 356 g/mol. The van der Waals surface area contributed by atoms with E-state index in [9.17, 15) is 9.59 Å². The lowest BCUT2D eigenvalue weighted by Gasteiger charge is -2.62. The predicted octanol–water partition coefficient (Wildman–Crippen LogP) is 2.63. The van der Waals surface area contributed by atoms with E-state index in [-0.39, 0.29) is 28.7 Å². The first kappa shape index (κ1) is 17.4. The van der Waals surface area contributed by atoms with Gasteiger partial charge in [0.05, 0.1) is 5.69 Å². The lowest BCUT2D eigenvalue weighted by Crippen LogP contribution is -2.69. The van der Waals surface area contributed by atoms with Gasteiger partial charge < -0.3 is 15.2 Å². The first-order valence-electron chi connectivity index (χ1n) is 9.94. The van der Waals surface area contributed by atoms with Gasteiger partial charge in [0, 0.05) is 23.3 Å². The zero-order valence-electron chi connectivity index (χ0n) is 15.9. The van der Waals surface area contributed by atoms with Crippen LogP contribution in [0.2, 0.25) is 0 Å². The third-order valence-corrected chi connectivity index (χ3v) is 6.57. The van der Waals surface area contributed by atoms with Crippen molar-refractivity contribution in [2.24, 2.45) is 11.8 Å². The largest absolute Gasteiger partial charge is 0.351 e. The summed E-state index contributed by atoms with van der Waals surface area (Å²) in [5.41, 5.74) is 0.561. The van der Waals surface area contributed by atoms with Crippen LogP contribution in [0.15, 0.2) is 35.0 Å². The van der Waals surface area contributed by atoms with Crippen LogP contribution < -0.4 is 10.6 Å². The number of hydrogen-bond acceptors (Lipinski definition) is 5. The number of nitrogens with one attached hydrogen (secondary N) is 2. The van der Waals surface area contributed by atoms with Crippen molar-refractivity contribution in [3.63, 3.8) is 0 Å². The van der Waals surface area contributed by atoms with E-state index in [2.05, 4.69) is 20.8 Å². The molecule has 4 aliphatic carbocycles. The minimum atomic E-state index is -0.292. The number of hydrogen-bond donors (Lipinski definition) is 2. The zero-order valence-corrected chi connectivity index (χ0v) is 15.9. The Morgan fingerprint density at radius 2 is 1.75 bits per heavy atom. The third kappa shape index (κ3) is 2.99. The first-order valence-corrected chi connectivity index (χ1v) is 9.94. The Morgan fingerprint density at radius 1 is 1.07 bits per heavy atom. The topological polar surface area (TPSA) is 97.1 Å². The molecule has 2 atom stereocenters. The normalized spacial score (nSPS) is 32.9. The van der Waals surface area contributed by atoms with E-state index in [1.807, 2.05) is 6.07 Å². The van der Waals surface area contributed by atoms with Crippen LogP contribution in [-0.4, -0.2) is 33.0 Å². The Morgan fingerprint density at radius 3 is 2.32 bits per heavy atom. The number of aryl methyl sites for hydroxylation is 1. The van der Waals surface area contributed by atoms with Gasteiger partial charge in [-0.3, -0.25) is 14.6 Å². The highest BCUT2D eigenvalue weighted by Gasteiger charge is 2.59. The Balaban J connectivity index is 1.38. The Labute approximate surface area is 163 Å². The maximum Gasteiger partial charge on any atom is 0.290 e. The van der Waals surface area contributed by atoms with Gasteiger partial charge in [0.1, 0.15) is 5.69 Å². The summed E-state index contributed by atoms with van der Waals surface area (Å²) in [4.78, 5) is 29.7. The average Bonchev–Trinajstić information content (AvgIpc) is 3.07. The Kier molecular flexibility index (Phi) is 3.82. The minimum Gasteiger partial charge on any atom is -0.351 e. The summed E-state index contributed by atoms with van der Waals surface area (Å²) < 4.78 is 5.15. The molecule has 7 nitrogen and oxygen atoms in total. The van der Waals surface area contributed by atoms with Crippen LogP contribution in [0.3, 0.4) is 0 Å². The van der Waals surface area contributed by atoms with Crippen molar-refractivity contribution in [1.82, 2.24) is 20.8 Å². The number of carbonyl (C=O) groups excluding carboxylic acids is 2. The second kappa shape index (κ2) is 6.15. The molecule has 4 saturated carbocycles. The lowest BCUT2D eigenvalue weighted by atomic mass is 9.49. The van der Waals surface area contributed by atoms with Gasteiger partial charge in [-0.25, -0.2) is 0 Å². The van der Waals surface area contributed by atoms with Crippen LogP contribution in [0.1, 0.15) is 65.3 Å². The standard InChI is InChI=1S/C21H24N4O3/c1-13-6-17(28-25-13)19(27)24-21-10-14-7-15(11-21)9-20(8-14,12-21)23-18(26)16-4-2-3-5-22-16/h2-6,14-15H,7-12H2,1H3,(H,23,26)(H,24,27). The molecule has 4 fully saturated rings. The fourth-order valence-corrected chi connectivity index (χ4v) is 6.13. The van der Waals surface area contributed by atoms with Gasteiger partial charge in [0.15, 0.2) is 0 Å². The second-order valence-electron chi connectivity index (χ2n) is 8.98. The van der Waals surface area contributed by atoms with Crippen molar-refractivity contribution in [3.05, 3.63) is 47.6 Å². The Bertz CT molecular complexity index is 909. The molecule has 2 N–H and O–H groups in total. The molecule has 2 aromatic rings. The zero-order chi connectivity index (χ0) is 19.4. The lowest BCUT2D eigenvalue weighted by molar-refractivity contribution is -0.0452. The minimum absolute atomic E-state index is 0.130. The summed E-state index contributed by atoms with van der Waals surface area (Å²) in [7, 11) is 0. The van der Waals surface area contributed by atoms with Gasteiger partial charge in [-0.15, -0.1) is 0 Å². The summed E-state index contributed by atoms with van der Waals surface area (Å²) >= 11 is 0.